The number of piperidine rings is 1. The number of aromatic nitrogens is 3. The number of aromatic amines is 1. The van der Waals surface area contributed by atoms with E-state index in [1.165, 1.54) is 0 Å². The van der Waals surface area contributed by atoms with Crippen molar-refractivity contribution in [2.24, 2.45) is 5.92 Å². The Bertz CT molecular complexity index is 1030. The summed E-state index contributed by atoms with van der Waals surface area (Å²) in [6, 6.07) is 4.08. The van der Waals surface area contributed by atoms with Crippen LogP contribution in [0.4, 0.5) is 0 Å². The minimum atomic E-state index is -2.90. The van der Waals surface area contributed by atoms with Crippen LogP contribution in [-0.2, 0) is 29.5 Å². The fourth-order valence-corrected chi connectivity index (χ4v) is 6.36. The molecule has 0 aromatic carbocycles. The summed E-state index contributed by atoms with van der Waals surface area (Å²) in [4.78, 5) is 25.2. The van der Waals surface area contributed by atoms with Crippen LogP contribution in [0.1, 0.15) is 29.4 Å². The lowest BCUT2D eigenvalue weighted by Crippen LogP contribution is -2.47. The third kappa shape index (κ3) is 3.91. The van der Waals surface area contributed by atoms with Gasteiger partial charge in [0.2, 0.25) is 0 Å². The van der Waals surface area contributed by atoms with Crippen LogP contribution in [-0.4, -0.2) is 70.4 Å². The highest BCUT2D eigenvalue weighted by Crippen LogP contribution is 2.35. The molecule has 2 saturated heterocycles. The molecular weight excluding hydrogens is 390 g/mol. The van der Waals surface area contributed by atoms with Gasteiger partial charge >= 0.3 is 0 Å². The number of likely N-dealkylation sites (tertiary alicyclic amines) is 1. The summed E-state index contributed by atoms with van der Waals surface area (Å²) in [7, 11) is -2.90. The lowest BCUT2D eigenvalue weighted by Gasteiger charge is -2.42. The number of imidazole rings is 1. The number of rotatable bonds is 4. The predicted octanol–water partition coefficient (Wildman–Crippen LogP) is 0.421. The third-order valence-electron chi connectivity index (χ3n) is 6.52. The smallest absolute Gasteiger partial charge is 0.255 e. The van der Waals surface area contributed by atoms with E-state index < -0.39 is 9.84 Å². The maximum atomic E-state index is 13.2. The van der Waals surface area contributed by atoms with Gasteiger partial charge in [-0.3, -0.25) is 14.6 Å². The molecule has 2 atom stereocenters. The number of nitrogens with zero attached hydrogens (tertiary/aromatic N) is 4. The van der Waals surface area contributed by atoms with Crippen molar-refractivity contribution in [3.05, 3.63) is 52.0 Å². The molecule has 2 aromatic heterocycles. The molecule has 2 bridgehead atoms. The van der Waals surface area contributed by atoms with Crippen LogP contribution in [0.15, 0.2) is 29.3 Å². The van der Waals surface area contributed by atoms with Gasteiger partial charge in [0.05, 0.1) is 18.1 Å². The molecule has 2 fully saturated rings. The van der Waals surface area contributed by atoms with E-state index in [0.29, 0.717) is 31.5 Å². The fraction of sp³-hybridized carbons (Fsp3) is 0.600. The number of pyridine rings is 1. The van der Waals surface area contributed by atoms with Gasteiger partial charge in [-0.25, -0.2) is 13.4 Å². The van der Waals surface area contributed by atoms with Crippen LogP contribution in [0.25, 0.3) is 0 Å². The summed E-state index contributed by atoms with van der Waals surface area (Å²) in [5.41, 5.74) is 2.02. The highest BCUT2D eigenvalue weighted by Gasteiger charge is 2.35. The standard InChI is InChI=1S/C20H27N5O3S/c26-20-16(12-23-5-7-29(27,28)8-6-23)1-2-18-17-9-15(11-25(18)20)10-24(13-17)14-19-21-3-4-22-19/h1-4,15,17H,5-14H2,(H,21,22)/t15-,17+/m0/s1. The lowest BCUT2D eigenvalue weighted by molar-refractivity contribution is 0.112. The molecule has 8 nitrogen and oxygen atoms in total. The molecule has 5 heterocycles. The number of fused-ring (bicyclic) bond motifs is 4. The first-order chi connectivity index (χ1) is 14.0. The maximum Gasteiger partial charge on any atom is 0.255 e. The van der Waals surface area contributed by atoms with E-state index in [2.05, 4.69) is 25.8 Å². The summed E-state index contributed by atoms with van der Waals surface area (Å²) >= 11 is 0. The zero-order valence-electron chi connectivity index (χ0n) is 16.5. The van der Waals surface area contributed by atoms with Gasteiger partial charge in [0.25, 0.3) is 5.56 Å². The molecule has 2 aromatic rings. The van der Waals surface area contributed by atoms with Crippen molar-refractivity contribution in [1.29, 1.82) is 0 Å². The highest BCUT2D eigenvalue weighted by atomic mass is 32.2. The van der Waals surface area contributed by atoms with Gasteiger partial charge in [-0.15, -0.1) is 0 Å². The Balaban J connectivity index is 1.32. The summed E-state index contributed by atoms with van der Waals surface area (Å²) in [5, 5.41) is 0. The van der Waals surface area contributed by atoms with Crippen LogP contribution < -0.4 is 5.56 Å². The molecule has 0 saturated carbocycles. The van der Waals surface area contributed by atoms with Gasteiger partial charge in [-0.2, -0.15) is 0 Å². The molecular formula is C20H27N5O3S. The Kier molecular flexibility index (Phi) is 4.84. The minimum Gasteiger partial charge on any atom is -0.348 e. The monoisotopic (exact) mass is 417 g/mol. The molecule has 5 rings (SSSR count). The highest BCUT2D eigenvalue weighted by molar-refractivity contribution is 7.91. The molecule has 0 unspecified atom stereocenters. The SMILES string of the molecule is O=c1c(CN2CCS(=O)(=O)CC2)ccc2n1C[C@H]1C[C@@H]2CN(Cc2ncc[nH]2)C1. The van der Waals surface area contributed by atoms with Crippen molar-refractivity contribution in [3.63, 3.8) is 0 Å². The van der Waals surface area contributed by atoms with Gasteiger partial charge in [-0.05, 0) is 18.4 Å². The van der Waals surface area contributed by atoms with Gasteiger partial charge in [0.1, 0.15) is 5.82 Å². The number of sulfone groups is 1. The fourth-order valence-electron chi connectivity index (χ4n) is 5.09. The second-order valence-corrected chi connectivity index (χ2v) is 11.0. The second kappa shape index (κ2) is 7.37. The van der Waals surface area contributed by atoms with Crippen LogP contribution >= 0.6 is 0 Å². The lowest BCUT2D eigenvalue weighted by atomic mass is 9.83. The van der Waals surface area contributed by atoms with Crippen molar-refractivity contribution in [3.8, 4) is 0 Å². The first-order valence-corrected chi connectivity index (χ1v) is 12.1. The Morgan fingerprint density at radius 1 is 1.07 bits per heavy atom. The van der Waals surface area contributed by atoms with Crippen molar-refractivity contribution < 1.29 is 8.42 Å². The topological polar surface area (TPSA) is 91.3 Å². The average molecular weight is 418 g/mol. The third-order valence-corrected chi connectivity index (χ3v) is 8.13. The van der Waals surface area contributed by atoms with Gasteiger partial charge in [0, 0.05) is 68.8 Å². The van der Waals surface area contributed by atoms with E-state index in [4.69, 9.17) is 0 Å². The molecule has 0 amide bonds. The molecule has 0 radical (unpaired) electrons. The molecule has 156 valence electrons. The van der Waals surface area contributed by atoms with Gasteiger partial charge < -0.3 is 9.55 Å². The van der Waals surface area contributed by atoms with Crippen molar-refractivity contribution >= 4 is 9.84 Å². The molecule has 0 spiro atoms. The number of H-pyrrole nitrogens is 1. The van der Waals surface area contributed by atoms with Crippen LogP contribution in [0, 0.1) is 5.92 Å². The summed E-state index contributed by atoms with van der Waals surface area (Å²) in [6.45, 7) is 5.07. The largest absolute Gasteiger partial charge is 0.348 e. The number of nitrogens with one attached hydrogen (secondary N) is 1. The Labute approximate surface area is 170 Å². The normalized spacial score (nSPS) is 26.9. The van der Waals surface area contributed by atoms with Crippen molar-refractivity contribution in [2.45, 2.75) is 32.0 Å². The van der Waals surface area contributed by atoms with E-state index in [1.807, 2.05) is 16.8 Å². The first kappa shape index (κ1) is 19.0. The average Bonchev–Trinajstić information content (AvgIpc) is 3.19. The van der Waals surface area contributed by atoms with E-state index in [-0.39, 0.29) is 17.1 Å². The number of hydrogen-bond acceptors (Lipinski definition) is 6. The quantitative estimate of drug-likeness (QED) is 0.775. The zero-order chi connectivity index (χ0) is 20.0. The summed E-state index contributed by atoms with van der Waals surface area (Å²) in [5.74, 6) is 2.22. The Hall–Kier alpha value is -1.97. The van der Waals surface area contributed by atoms with E-state index in [1.54, 1.807) is 6.20 Å². The minimum absolute atomic E-state index is 0.102. The Morgan fingerprint density at radius 3 is 2.66 bits per heavy atom. The first-order valence-electron chi connectivity index (χ1n) is 10.3. The van der Waals surface area contributed by atoms with Gasteiger partial charge in [0.15, 0.2) is 9.84 Å². The van der Waals surface area contributed by atoms with Crippen molar-refractivity contribution in [1.82, 2.24) is 24.3 Å². The van der Waals surface area contributed by atoms with Crippen LogP contribution in [0.3, 0.4) is 0 Å². The van der Waals surface area contributed by atoms with Crippen LogP contribution in [0.5, 0.6) is 0 Å². The Morgan fingerprint density at radius 2 is 1.90 bits per heavy atom. The summed E-state index contributed by atoms with van der Waals surface area (Å²) in [6.07, 6.45) is 4.78. The summed E-state index contributed by atoms with van der Waals surface area (Å²) < 4.78 is 25.3. The molecule has 3 aliphatic rings. The predicted molar refractivity (Wildman–Crippen MR) is 109 cm³/mol. The number of hydrogen-bond donors (Lipinski definition) is 1. The molecule has 3 aliphatic heterocycles. The molecule has 1 N–H and O–H groups in total. The van der Waals surface area contributed by atoms with E-state index >= 15 is 0 Å². The maximum absolute atomic E-state index is 13.2. The van der Waals surface area contributed by atoms with E-state index in [0.717, 1.165) is 49.7 Å². The molecule has 29 heavy (non-hydrogen) atoms. The zero-order valence-corrected chi connectivity index (χ0v) is 17.3. The van der Waals surface area contributed by atoms with Crippen molar-refractivity contribution in [2.75, 3.05) is 37.7 Å². The van der Waals surface area contributed by atoms with Gasteiger partial charge in [-0.1, -0.05) is 6.07 Å². The molecule has 9 heteroatoms. The van der Waals surface area contributed by atoms with Crippen LogP contribution in [0.2, 0.25) is 0 Å². The second-order valence-electron chi connectivity index (χ2n) is 8.66. The molecule has 0 aliphatic carbocycles. The van der Waals surface area contributed by atoms with E-state index in [9.17, 15) is 13.2 Å².